The number of imidazole rings is 4. The molecule has 0 radical (unpaired) electrons. The van der Waals surface area contributed by atoms with Gasteiger partial charge in [0.25, 0.3) is 11.1 Å². The molecule has 0 aliphatic carbocycles. The highest BCUT2D eigenvalue weighted by Crippen LogP contribution is 2.47. The number of amides is 1. The zero-order valence-electron chi connectivity index (χ0n) is 75.0. The number of nitrogen functional groups attached to an aromatic ring is 1. The van der Waals surface area contributed by atoms with Crippen molar-refractivity contribution in [2.24, 2.45) is 12.0 Å². The average molecular weight is 2200 g/mol. The number of halogens is 1. The van der Waals surface area contributed by atoms with Crippen molar-refractivity contribution in [3.05, 3.63) is 110 Å². The maximum Gasteiger partial charge on any atom is 0.469 e. The van der Waals surface area contributed by atoms with E-state index in [9.17, 15) is 108 Å². The standard InChI is InChI=1S/2C12H17N4O8P.C12H16N3O9P.C12H16N3O7P.C11H14ClN4O7P.C11H14N3O8P/c1-5-14-10-7(11(15-5)22-2)13-4-16(10)12-9(18)8(17)6(24-12)3-23-25(19,20)21;1-5-14-10-7(11(19)15(5)2)13-4-16(10)12-9(18)8(17)6(24-12)3-23-25(20,21)22;1-4-13-10-5(11(19)14-4)2-7(16)15(10)12-9(18)8(17)6(24-12)3-23-25(20,21)22;13-7-1-3-14-11-6(7)2-4-15(11)12-10(17)9(16)8(22-12)5-21-23(18,19)20;1-4-14-9(12)6-10(15-4)16(3-13-6)11-8(18)7(17)5(23-11)2-22-24(19,20)21;15-5-1-2-12-10-7(5)13-4-14(10)11-9(17)8(16)6(22-11)3-21-23(18,19)20/h4,6,8-9,12,17-18H,3H2,1-2H3,(H2,19,20,21);4,6,8-9,12,17-18H,3H2,1-2H3,(H2,20,21,22);6,8-9,12,17-18H,2-3H2,1H3,(H,13,14,19)(H2,20,21,22);1-4,8-10,12,16-17H,5H2,(H2,13,14)(H2,18,19,20);3,5,7-8,11,17-18H,2H2,1H3,(H2,19,20,21);2,4,6,8-9,11,16-17H,1,3H2,(H2,18,19,20)/t3*6-,8-,9-,12-;8-,9-,10-,12-;5-,7-,8-,11-;6-,8-,9-,11-/m111111/s1. The second-order valence-electron chi connectivity index (χ2n) is 32.4. The van der Waals surface area contributed by atoms with Gasteiger partial charge in [0.1, 0.15) is 150 Å². The molecule has 24 atom stereocenters. The number of nitrogens with one attached hydrogen (secondary N) is 1. The summed E-state index contributed by atoms with van der Waals surface area (Å²) in [7, 11) is -25.5. The highest BCUT2D eigenvalue weighted by Gasteiger charge is 2.54. The molecule has 10 aromatic heterocycles. The molecule has 10 aromatic rings. The van der Waals surface area contributed by atoms with Crippen LogP contribution in [0.15, 0.2) is 64.4 Å². The number of carbonyl (C=O) groups excluding carboxylic acids is 2. The van der Waals surface area contributed by atoms with Crippen LogP contribution in [0.1, 0.15) is 76.9 Å². The third-order valence-electron chi connectivity index (χ3n) is 22.4. The monoisotopic (exact) mass is 2200 g/mol. The molecular weight excluding hydrogens is 2110 g/mol. The Kier molecular flexibility index (Phi) is 35.0. The van der Waals surface area contributed by atoms with E-state index in [1.54, 1.807) is 46.1 Å². The van der Waals surface area contributed by atoms with E-state index in [2.05, 4.69) is 91.9 Å². The molecule has 798 valence electrons. The van der Waals surface area contributed by atoms with Gasteiger partial charge in [-0.2, -0.15) is 4.98 Å². The second-order valence-corrected chi connectivity index (χ2v) is 40.1. The Labute approximate surface area is 812 Å². The van der Waals surface area contributed by atoms with Gasteiger partial charge in [0, 0.05) is 43.2 Å². The summed E-state index contributed by atoms with van der Waals surface area (Å²) in [6.07, 6.45) is -21.5. The molecule has 1 amide bonds. The summed E-state index contributed by atoms with van der Waals surface area (Å²) in [5, 5.41) is 122. The summed E-state index contributed by atoms with van der Waals surface area (Å²) in [6.45, 7) is 2.72. The summed E-state index contributed by atoms with van der Waals surface area (Å²) >= 11 is 5.99. The number of ether oxygens (including phenoxy) is 7. The lowest BCUT2D eigenvalue weighted by Crippen LogP contribution is -2.46. The van der Waals surface area contributed by atoms with Gasteiger partial charge in [-0.1, -0.05) is 11.6 Å². The Balaban J connectivity index is 0.000000146. The molecule has 18 rings (SSSR count). The molecule has 68 nitrogen and oxygen atoms in total. The SMILES string of the molecule is COc1nc(C)nc2c1ncn2[C@@H]1O[C@H](COP(=O)(O)O)[C@@H](O)[C@H]1O.Cc1nc(Cl)c2ncn([C@@H]3O[C@H](COP(=O)(O)O)[C@@H](O)[C@H]3O)c2n1.Cc1nc2c(c(=O)[nH]1)CC(=O)N2[C@@H]1O[C@H](COP(=O)(O)O)[C@@H](O)[C@H]1O.Cc1nc2c(ncn2[C@@H]2O[C@H](COP(=O)(O)O)[C@@H](O)[C@H]2O)c(=O)n1C.Nc1ccnc2c1ccn2[C@@H]1O[C@H](COP(=O)(O)O)[C@@H](O)[C@H]1O.O=C1CC=Nc2c1ncn2[C@@H]1O[C@H](COP(=O)(O)O)[C@@H](O)[C@H]1O. The fourth-order valence-electron chi connectivity index (χ4n) is 15.4. The minimum atomic E-state index is -4.80. The number of aliphatic hydroxyl groups excluding tert-OH is 12. The maximum atomic E-state index is 12.3. The lowest BCUT2D eigenvalue weighted by atomic mass is 10.1. The van der Waals surface area contributed by atoms with Gasteiger partial charge in [0.2, 0.25) is 11.8 Å². The molecule has 6 saturated heterocycles. The Morgan fingerprint density at radius 1 is 0.441 bits per heavy atom. The molecule has 75 heteroatoms. The van der Waals surface area contributed by atoms with Crippen LogP contribution in [0.2, 0.25) is 5.15 Å². The molecule has 0 saturated carbocycles. The minimum Gasteiger partial charge on any atom is -0.479 e. The number of ketones is 1. The Hall–Kier alpha value is -9.13. The van der Waals surface area contributed by atoms with Crippen molar-refractivity contribution in [3.63, 3.8) is 0 Å². The lowest BCUT2D eigenvalue weighted by molar-refractivity contribution is -0.121. The van der Waals surface area contributed by atoms with E-state index in [4.69, 9.17) is 109 Å². The van der Waals surface area contributed by atoms with Gasteiger partial charge >= 0.3 is 46.9 Å². The molecule has 0 aromatic carbocycles. The molecular formula is C70H94ClN21O47P6. The van der Waals surface area contributed by atoms with Gasteiger partial charge < -0.3 is 168 Å². The summed E-state index contributed by atoms with van der Waals surface area (Å²) in [5.41, 5.74) is 7.63. The number of phosphoric ester groups is 6. The fraction of sp³-hybridized carbons (Fsp3) is 0.543. The van der Waals surface area contributed by atoms with Crippen LogP contribution in [-0.4, -0.2) is 388 Å². The van der Waals surface area contributed by atoms with Gasteiger partial charge in [-0.15, -0.1) is 0 Å². The van der Waals surface area contributed by atoms with Gasteiger partial charge in [-0.25, -0.2) is 82.2 Å². The molecule has 0 spiro atoms. The Morgan fingerprint density at radius 3 is 1.23 bits per heavy atom. The Morgan fingerprint density at radius 2 is 0.807 bits per heavy atom. The van der Waals surface area contributed by atoms with E-state index in [1.807, 2.05) is 0 Å². The highest BCUT2D eigenvalue weighted by molar-refractivity contribution is 7.47. The van der Waals surface area contributed by atoms with Crippen molar-refractivity contribution in [2.75, 3.05) is 57.4 Å². The second kappa shape index (κ2) is 45.0. The van der Waals surface area contributed by atoms with E-state index in [1.165, 1.54) is 79.2 Å². The first-order chi connectivity index (χ1) is 67.6. The molecule has 145 heavy (non-hydrogen) atoms. The van der Waals surface area contributed by atoms with Crippen molar-refractivity contribution in [1.29, 1.82) is 0 Å². The number of methoxy groups -OCH3 is 1. The minimum absolute atomic E-state index is 0.0130. The third-order valence-corrected chi connectivity index (χ3v) is 25.6. The summed E-state index contributed by atoms with van der Waals surface area (Å²) in [5.74, 6) is 1.09. The fourth-order valence-corrected chi connectivity index (χ4v) is 17.8. The first kappa shape index (κ1) is 113. The van der Waals surface area contributed by atoms with Crippen molar-refractivity contribution >= 4 is 138 Å². The molecule has 27 N–H and O–H groups in total. The van der Waals surface area contributed by atoms with Crippen molar-refractivity contribution in [3.8, 4) is 5.88 Å². The first-order valence-corrected chi connectivity index (χ1v) is 51.3. The number of hydrogen-bond donors (Lipinski definition) is 26. The number of anilines is 2. The predicted molar refractivity (Wildman–Crippen MR) is 472 cm³/mol. The normalized spacial score (nSPS) is 28.4. The number of aromatic nitrogens is 18. The third kappa shape index (κ3) is 26.1. The average Bonchev–Trinajstić information content (AvgIpc) is 1.61. The van der Waals surface area contributed by atoms with Gasteiger partial charge in [0.15, 0.2) is 87.8 Å². The number of nitrogens with zero attached hydrogens (tertiary/aromatic N) is 19. The molecule has 8 aliphatic heterocycles. The quantitative estimate of drug-likeness (QED) is 0.0187. The summed E-state index contributed by atoms with van der Waals surface area (Å²) < 4.78 is 136. The van der Waals surface area contributed by atoms with Gasteiger partial charge in [-0.05, 0) is 39.8 Å². The van der Waals surface area contributed by atoms with Crippen molar-refractivity contribution < 1.29 is 217 Å². The number of nitrogens with two attached hydrogens (primary N) is 1. The van der Waals surface area contributed by atoms with Crippen LogP contribution < -0.4 is 26.5 Å². The number of rotatable bonds is 25. The van der Waals surface area contributed by atoms with Crippen molar-refractivity contribution in [2.45, 2.75) is 188 Å². The van der Waals surface area contributed by atoms with Crippen LogP contribution in [-0.2, 0) is 101 Å². The van der Waals surface area contributed by atoms with E-state index in [0.717, 1.165) is 4.90 Å². The van der Waals surface area contributed by atoms with Crippen LogP contribution in [0.3, 0.4) is 0 Å². The first-order valence-electron chi connectivity index (χ1n) is 41.7. The number of aromatic amines is 1. The number of phosphoric acid groups is 6. The number of H-pyrrole nitrogens is 1. The van der Waals surface area contributed by atoms with E-state index >= 15 is 0 Å². The number of aryl methyl sites for hydroxylation is 4. The number of pyridine rings is 1. The van der Waals surface area contributed by atoms with Crippen LogP contribution in [0.5, 0.6) is 5.88 Å². The van der Waals surface area contributed by atoms with Gasteiger partial charge in [-0.3, -0.25) is 74.1 Å². The largest absolute Gasteiger partial charge is 0.479 e. The number of Topliss-reactive ketones (excluding diaryl/α,β-unsaturated/α-hetero) is 1. The Bertz CT molecular complexity index is 6860. The van der Waals surface area contributed by atoms with Crippen LogP contribution in [0.25, 0.3) is 44.5 Å². The van der Waals surface area contributed by atoms with Crippen LogP contribution >= 0.6 is 58.5 Å². The van der Waals surface area contributed by atoms with E-state index in [0.29, 0.717) is 56.5 Å². The highest BCUT2D eigenvalue weighted by atomic mass is 35.5. The van der Waals surface area contributed by atoms with E-state index < -0.39 is 245 Å². The maximum absolute atomic E-state index is 12.3. The summed E-state index contributed by atoms with van der Waals surface area (Å²) in [4.78, 5) is 205. The number of aliphatic imine (C=N–C) groups is 1. The number of fused-ring (bicyclic) bond motifs is 6. The van der Waals surface area contributed by atoms with E-state index in [-0.39, 0.29) is 75.1 Å². The lowest BCUT2D eigenvalue weighted by Gasteiger charge is -2.26. The zero-order chi connectivity index (χ0) is 107. The molecule has 8 aliphatic rings. The number of aliphatic hydroxyl groups is 12. The molecule has 0 bridgehead atoms. The predicted octanol–water partition coefficient (Wildman–Crippen LogP) is -7.67. The molecule has 18 heterocycles. The zero-order valence-corrected chi connectivity index (χ0v) is 81.1. The molecule has 6 fully saturated rings. The number of hydrogen-bond acceptors (Lipinski definition) is 48. The van der Waals surface area contributed by atoms with Crippen LogP contribution in [0, 0.1) is 27.7 Å². The number of carbonyl (C=O) groups is 2. The summed E-state index contributed by atoms with van der Waals surface area (Å²) in [6, 6.07) is 3.32. The molecule has 0 unspecified atom stereocenters. The topological polar surface area (TPSA) is 1000 Å². The van der Waals surface area contributed by atoms with Gasteiger partial charge in [0.05, 0.1) is 84.0 Å². The van der Waals surface area contributed by atoms with Crippen LogP contribution in [0.4, 0.5) is 17.3 Å². The van der Waals surface area contributed by atoms with Crippen molar-refractivity contribution in [1.82, 2.24) is 87.2 Å². The smallest absolute Gasteiger partial charge is 0.469 e.